The van der Waals surface area contributed by atoms with Crippen LogP contribution < -0.4 is 0 Å². The van der Waals surface area contributed by atoms with Gasteiger partial charge in [0.05, 0.1) is 5.57 Å². The molecule has 3 nitrogen and oxygen atoms in total. The molecule has 5 rings (SSSR count). The second kappa shape index (κ2) is 6.74. The van der Waals surface area contributed by atoms with E-state index in [0.29, 0.717) is 11.7 Å². The molecule has 0 aliphatic heterocycles. The van der Waals surface area contributed by atoms with Gasteiger partial charge >= 0.3 is 0 Å². The molecule has 0 bridgehead atoms. The van der Waals surface area contributed by atoms with Crippen molar-refractivity contribution in [2.24, 2.45) is 50.2 Å². The van der Waals surface area contributed by atoms with Gasteiger partial charge in [0.15, 0.2) is 11.6 Å². The molecule has 3 unspecified atom stereocenters. The SMILES string of the molecule is CC1(C)CCC2(C)CC[C@]3(C)C(C(=O)C=C4[C@@]5(C)C=C(C#N)C(=O)C(C)(C)[C@@H]5CC[C@]43C)C2C1. The molecule has 184 valence electrons. The summed E-state index contributed by atoms with van der Waals surface area (Å²) in [5.41, 5.74) is 0.785. The summed E-state index contributed by atoms with van der Waals surface area (Å²) in [6, 6.07) is 2.20. The summed E-state index contributed by atoms with van der Waals surface area (Å²) in [5, 5.41) is 9.83. The fraction of sp³-hybridized carbons (Fsp3) is 0.774. The zero-order valence-corrected chi connectivity index (χ0v) is 22.6. The molecule has 3 fully saturated rings. The molecular formula is C31H43NO2. The fourth-order valence-electron chi connectivity index (χ4n) is 9.89. The van der Waals surface area contributed by atoms with Gasteiger partial charge in [-0.1, -0.05) is 67.0 Å². The fourth-order valence-corrected chi connectivity index (χ4v) is 9.89. The van der Waals surface area contributed by atoms with Gasteiger partial charge in [0.2, 0.25) is 0 Å². The zero-order chi connectivity index (χ0) is 25.1. The quantitative estimate of drug-likeness (QED) is 0.382. The molecule has 3 saturated carbocycles. The number of hydrogen-bond acceptors (Lipinski definition) is 3. The lowest BCUT2D eigenvalue weighted by atomic mass is 9.34. The molecule has 0 aromatic rings. The largest absolute Gasteiger partial charge is 0.295 e. The lowest BCUT2D eigenvalue weighted by Gasteiger charge is -2.69. The predicted molar refractivity (Wildman–Crippen MR) is 135 cm³/mol. The average Bonchev–Trinajstić information content (AvgIpc) is 2.74. The van der Waals surface area contributed by atoms with Crippen molar-refractivity contribution in [3.05, 3.63) is 23.3 Å². The van der Waals surface area contributed by atoms with Crippen LogP contribution in [0.5, 0.6) is 0 Å². The number of carbonyl (C=O) groups excluding carboxylic acids is 2. The number of fused-ring (bicyclic) bond motifs is 7. The molecule has 0 aromatic carbocycles. The van der Waals surface area contributed by atoms with Crippen LogP contribution in [0.25, 0.3) is 0 Å². The molecule has 0 radical (unpaired) electrons. The van der Waals surface area contributed by atoms with Crippen molar-refractivity contribution in [3.8, 4) is 6.07 Å². The highest BCUT2D eigenvalue weighted by atomic mass is 16.1. The number of hydrogen-bond donors (Lipinski definition) is 0. The van der Waals surface area contributed by atoms with Gasteiger partial charge in [-0.15, -0.1) is 0 Å². The number of rotatable bonds is 0. The molecule has 7 atom stereocenters. The second-order valence-corrected chi connectivity index (χ2v) is 14.9. The third-order valence-corrected chi connectivity index (χ3v) is 12.3. The van der Waals surface area contributed by atoms with Crippen LogP contribution in [0.1, 0.15) is 100 Å². The first-order valence-corrected chi connectivity index (χ1v) is 13.5. The van der Waals surface area contributed by atoms with Crippen molar-refractivity contribution in [2.45, 2.75) is 100 Å². The Balaban J connectivity index is 1.69. The highest BCUT2D eigenvalue weighted by Crippen LogP contribution is 2.74. The zero-order valence-electron chi connectivity index (χ0n) is 22.6. The van der Waals surface area contributed by atoms with Gasteiger partial charge in [-0.3, -0.25) is 9.59 Å². The van der Waals surface area contributed by atoms with Gasteiger partial charge in [0, 0.05) is 16.7 Å². The third-order valence-electron chi connectivity index (χ3n) is 12.3. The van der Waals surface area contributed by atoms with E-state index in [1.165, 1.54) is 24.8 Å². The van der Waals surface area contributed by atoms with Crippen LogP contribution in [0.15, 0.2) is 23.3 Å². The highest BCUT2D eigenvalue weighted by molar-refractivity contribution is 6.04. The Labute approximate surface area is 206 Å². The van der Waals surface area contributed by atoms with Gasteiger partial charge in [-0.25, -0.2) is 0 Å². The van der Waals surface area contributed by atoms with Crippen molar-refractivity contribution in [3.63, 3.8) is 0 Å². The van der Waals surface area contributed by atoms with Crippen LogP contribution >= 0.6 is 0 Å². The molecule has 3 heteroatoms. The number of nitrogens with zero attached hydrogens (tertiary/aromatic N) is 1. The Morgan fingerprint density at radius 3 is 2.21 bits per heavy atom. The van der Waals surface area contributed by atoms with Crippen LogP contribution in [0.2, 0.25) is 0 Å². The van der Waals surface area contributed by atoms with E-state index in [9.17, 15) is 14.9 Å². The van der Waals surface area contributed by atoms with E-state index < -0.39 is 10.8 Å². The summed E-state index contributed by atoms with van der Waals surface area (Å²) < 4.78 is 0. The summed E-state index contributed by atoms with van der Waals surface area (Å²) in [5.74, 6) is 0.881. The molecule has 0 spiro atoms. The van der Waals surface area contributed by atoms with Crippen molar-refractivity contribution in [2.75, 3.05) is 0 Å². The first-order chi connectivity index (χ1) is 15.6. The van der Waals surface area contributed by atoms with Gasteiger partial charge < -0.3 is 0 Å². The van der Waals surface area contributed by atoms with E-state index in [2.05, 4.69) is 47.6 Å². The maximum atomic E-state index is 14.2. The van der Waals surface area contributed by atoms with Gasteiger partial charge in [0.1, 0.15) is 6.07 Å². The summed E-state index contributed by atoms with van der Waals surface area (Å²) in [6.45, 7) is 18.3. The van der Waals surface area contributed by atoms with Gasteiger partial charge in [-0.05, 0) is 84.5 Å². The molecule has 0 N–H and O–H groups in total. The van der Waals surface area contributed by atoms with Crippen molar-refractivity contribution in [1.82, 2.24) is 0 Å². The van der Waals surface area contributed by atoms with E-state index in [-0.39, 0.29) is 44.9 Å². The van der Waals surface area contributed by atoms with E-state index in [1.54, 1.807) is 0 Å². The summed E-state index contributed by atoms with van der Waals surface area (Å²) in [4.78, 5) is 27.4. The molecule has 34 heavy (non-hydrogen) atoms. The molecule has 0 amide bonds. The standard InChI is InChI=1S/C31H43NO2/c1-26(2)11-12-28(5)13-14-31(8)24(20(28)17-26)21(33)15-23-29(6)16-19(18-32)25(34)27(3,4)22(29)9-10-30(23,31)7/h15-16,20,22,24H,9-14,17H2,1-8H3/t20?,22-,24?,28?,29-,30+,31+/m0/s1. The Morgan fingerprint density at radius 1 is 0.912 bits per heavy atom. The minimum Gasteiger partial charge on any atom is -0.295 e. The molecule has 5 aliphatic rings. The topological polar surface area (TPSA) is 57.9 Å². The normalized spacial score (nSPS) is 48.9. The number of Topliss-reactive ketones (excluding diaryl/α,β-unsaturated/α-hetero) is 1. The van der Waals surface area contributed by atoms with Crippen molar-refractivity contribution in [1.29, 1.82) is 5.26 Å². The lowest BCUT2D eigenvalue weighted by Crippen LogP contribution is -2.64. The van der Waals surface area contributed by atoms with Crippen LogP contribution in [0.3, 0.4) is 0 Å². The van der Waals surface area contributed by atoms with Crippen molar-refractivity contribution >= 4 is 11.6 Å². The van der Waals surface area contributed by atoms with Crippen LogP contribution in [-0.2, 0) is 9.59 Å². The van der Waals surface area contributed by atoms with Crippen molar-refractivity contribution < 1.29 is 9.59 Å². The first-order valence-electron chi connectivity index (χ1n) is 13.5. The minimum atomic E-state index is -0.601. The number of carbonyl (C=O) groups is 2. The number of ketones is 2. The Morgan fingerprint density at radius 2 is 1.56 bits per heavy atom. The Kier molecular flexibility index (Phi) is 4.77. The number of allylic oxidation sites excluding steroid dienone is 4. The number of nitriles is 1. The summed E-state index contributed by atoms with van der Waals surface area (Å²) >= 11 is 0. The molecular weight excluding hydrogens is 418 g/mol. The van der Waals surface area contributed by atoms with E-state index in [1.807, 2.05) is 26.0 Å². The highest BCUT2D eigenvalue weighted by Gasteiger charge is 2.69. The van der Waals surface area contributed by atoms with Crippen LogP contribution in [0, 0.1) is 61.6 Å². The third kappa shape index (κ3) is 2.75. The molecule has 0 aromatic heterocycles. The smallest absolute Gasteiger partial charge is 0.178 e. The monoisotopic (exact) mass is 461 g/mol. The second-order valence-electron chi connectivity index (χ2n) is 14.9. The maximum Gasteiger partial charge on any atom is 0.178 e. The van der Waals surface area contributed by atoms with Gasteiger partial charge in [-0.2, -0.15) is 5.26 Å². The molecule has 0 heterocycles. The maximum absolute atomic E-state index is 14.2. The predicted octanol–water partition coefficient (Wildman–Crippen LogP) is 7.23. The Hall–Kier alpha value is -1.69. The van der Waals surface area contributed by atoms with E-state index >= 15 is 0 Å². The molecule has 5 aliphatic carbocycles. The van der Waals surface area contributed by atoms with Gasteiger partial charge in [0.25, 0.3) is 0 Å². The summed E-state index contributed by atoms with van der Waals surface area (Å²) in [6.07, 6.45) is 11.8. The summed E-state index contributed by atoms with van der Waals surface area (Å²) in [7, 11) is 0. The average molecular weight is 462 g/mol. The van der Waals surface area contributed by atoms with E-state index in [4.69, 9.17) is 0 Å². The van der Waals surface area contributed by atoms with Crippen LogP contribution in [-0.4, -0.2) is 11.6 Å². The van der Waals surface area contributed by atoms with Crippen LogP contribution in [0.4, 0.5) is 0 Å². The minimum absolute atomic E-state index is 0.0363. The molecule has 0 saturated heterocycles. The first kappa shape index (κ1) is 24.0. The Bertz CT molecular complexity index is 1090. The van der Waals surface area contributed by atoms with E-state index in [0.717, 1.165) is 25.7 Å². The lowest BCUT2D eigenvalue weighted by molar-refractivity contribution is -0.168.